The minimum Gasteiger partial charge on any atom is -0.480 e. The minimum absolute atomic E-state index is 0.0591. The quantitative estimate of drug-likeness (QED) is 0.329. The Balaban J connectivity index is 1.45. The van der Waals surface area contributed by atoms with Gasteiger partial charge in [0.2, 0.25) is 5.91 Å². The fourth-order valence-corrected chi connectivity index (χ4v) is 9.62. The molecule has 7 nitrogen and oxygen atoms in total. The molecule has 13 atom stereocenters. The molecule has 0 radical (unpaired) electrons. The molecular formula is C30H51NO6. The fraction of sp³-hybridized carbons (Fsp3) is 0.933. The summed E-state index contributed by atoms with van der Waals surface area (Å²) < 4.78 is 0. The van der Waals surface area contributed by atoms with E-state index in [4.69, 9.17) is 0 Å². The number of hydrogen-bond acceptors (Lipinski definition) is 5. The topological polar surface area (TPSA) is 127 Å². The van der Waals surface area contributed by atoms with E-state index in [1.54, 1.807) is 0 Å². The summed E-state index contributed by atoms with van der Waals surface area (Å²) in [7, 11) is 0. The van der Waals surface area contributed by atoms with Gasteiger partial charge in [-0.25, -0.2) is 4.79 Å². The van der Waals surface area contributed by atoms with Gasteiger partial charge in [0.15, 0.2) is 0 Å². The highest BCUT2D eigenvalue weighted by molar-refractivity contribution is 5.83. The highest BCUT2D eigenvalue weighted by Gasteiger charge is 2.65. The third-order valence-corrected chi connectivity index (χ3v) is 12.1. The average molecular weight is 522 g/mol. The van der Waals surface area contributed by atoms with Crippen LogP contribution in [0.15, 0.2) is 0 Å². The first-order valence-corrected chi connectivity index (χ1v) is 14.9. The number of aliphatic hydroxyl groups excluding tert-OH is 3. The van der Waals surface area contributed by atoms with Crippen LogP contribution in [0.25, 0.3) is 0 Å². The molecule has 4 rings (SSSR count). The molecule has 4 aliphatic rings. The number of rotatable bonds is 8. The molecule has 0 bridgehead atoms. The van der Waals surface area contributed by atoms with E-state index in [9.17, 15) is 30.0 Å². The van der Waals surface area contributed by atoms with Gasteiger partial charge in [-0.3, -0.25) is 4.79 Å². The monoisotopic (exact) mass is 521 g/mol. The zero-order chi connectivity index (χ0) is 27.3. The van der Waals surface area contributed by atoms with E-state index in [2.05, 4.69) is 26.1 Å². The lowest BCUT2D eigenvalue weighted by atomic mass is 9.43. The van der Waals surface area contributed by atoms with Gasteiger partial charge < -0.3 is 25.7 Å². The van der Waals surface area contributed by atoms with Crippen LogP contribution in [0.2, 0.25) is 0 Å². The van der Waals surface area contributed by atoms with Gasteiger partial charge in [-0.15, -0.1) is 0 Å². The Labute approximate surface area is 222 Å². The highest BCUT2D eigenvalue weighted by atomic mass is 16.4. The van der Waals surface area contributed by atoms with E-state index < -0.39 is 24.2 Å². The second-order valence-corrected chi connectivity index (χ2v) is 13.8. The van der Waals surface area contributed by atoms with Crippen molar-refractivity contribution in [2.45, 2.75) is 123 Å². The second kappa shape index (κ2) is 10.8. The van der Waals surface area contributed by atoms with Crippen LogP contribution in [0.5, 0.6) is 0 Å². The molecule has 0 saturated heterocycles. The van der Waals surface area contributed by atoms with E-state index >= 15 is 0 Å². The summed E-state index contributed by atoms with van der Waals surface area (Å²) in [5.41, 5.74) is -0.237. The predicted molar refractivity (Wildman–Crippen MR) is 141 cm³/mol. The Morgan fingerprint density at radius 2 is 1.70 bits per heavy atom. The molecule has 1 amide bonds. The number of aliphatic hydroxyl groups is 3. The molecule has 37 heavy (non-hydrogen) atoms. The standard InChI is InChI=1S/C30H51NO6/c1-6-16(2)27(28(36)37)31-25(35)10-7-17(3)20-8-9-21-26-22(15-24(34)30(20,21)5)29(4)12-11-19(32)13-18(29)14-23(26)33/h16-24,26-27,32-34H,6-15H2,1-5H3,(H,31,35)(H,36,37)/t16-,17+,18-,19+,20+,21-,22-,23+,24-,26-,27-,29-,30+/m0/s1. The number of carbonyl (C=O) groups is 2. The van der Waals surface area contributed by atoms with Crippen molar-refractivity contribution in [1.29, 1.82) is 0 Å². The molecule has 0 aromatic heterocycles. The number of fused-ring (bicyclic) bond motifs is 5. The maximum atomic E-state index is 12.7. The molecule has 5 N–H and O–H groups in total. The van der Waals surface area contributed by atoms with Crippen molar-refractivity contribution in [3.8, 4) is 0 Å². The van der Waals surface area contributed by atoms with Gasteiger partial charge >= 0.3 is 5.97 Å². The molecule has 4 aliphatic carbocycles. The number of nitrogens with one attached hydrogen (secondary N) is 1. The molecule has 4 fully saturated rings. The molecule has 0 heterocycles. The van der Waals surface area contributed by atoms with Crippen LogP contribution in [0.1, 0.15) is 98.8 Å². The van der Waals surface area contributed by atoms with E-state index in [1.807, 2.05) is 13.8 Å². The van der Waals surface area contributed by atoms with Crippen LogP contribution < -0.4 is 5.32 Å². The summed E-state index contributed by atoms with van der Waals surface area (Å²) >= 11 is 0. The minimum atomic E-state index is -0.990. The number of carboxylic acids is 1. The Hall–Kier alpha value is -1.18. The largest absolute Gasteiger partial charge is 0.480 e. The summed E-state index contributed by atoms with van der Waals surface area (Å²) in [4.78, 5) is 24.3. The summed E-state index contributed by atoms with van der Waals surface area (Å²) in [6, 6.07) is -0.864. The first-order chi connectivity index (χ1) is 17.3. The summed E-state index contributed by atoms with van der Waals surface area (Å²) in [6.45, 7) is 10.5. The van der Waals surface area contributed by atoms with Crippen molar-refractivity contribution < 1.29 is 30.0 Å². The molecule has 0 aliphatic heterocycles. The number of amides is 1. The van der Waals surface area contributed by atoms with Gasteiger partial charge in [-0.1, -0.05) is 41.0 Å². The van der Waals surface area contributed by atoms with Gasteiger partial charge in [0.25, 0.3) is 0 Å². The van der Waals surface area contributed by atoms with Gasteiger partial charge in [0.05, 0.1) is 18.3 Å². The van der Waals surface area contributed by atoms with Gasteiger partial charge in [-0.05, 0) is 104 Å². The Kier molecular flexibility index (Phi) is 8.39. The first kappa shape index (κ1) is 28.8. The highest BCUT2D eigenvalue weighted by Crippen LogP contribution is 2.68. The van der Waals surface area contributed by atoms with Gasteiger partial charge in [0.1, 0.15) is 6.04 Å². The third-order valence-electron chi connectivity index (χ3n) is 12.1. The van der Waals surface area contributed by atoms with Crippen LogP contribution in [0.3, 0.4) is 0 Å². The molecule has 0 spiro atoms. The second-order valence-electron chi connectivity index (χ2n) is 13.8. The van der Waals surface area contributed by atoms with Crippen LogP contribution in [-0.4, -0.2) is 56.7 Å². The lowest BCUT2D eigenvalue weighted by Crippen LogP contribution is -2.62. The van der Waals surface area contributed by atoms with Crippen LogP contribution >= 0.6 is 0 Å². The molecular weight excluding hydrogens is 470 g/mol. The molecule has 7 heteroatoms. The van der Waals surface area contributed by atoms with Crippen molar-refractivity contribution in [2.24, 2.45) is 52.3 Å². The first-order valence-electron chi connectivity index (χ1n) is 14.9. The number of carboxylic acid groups (broad SMARTS) is 1. The summed E-state index contributed by atoms with van der Waals surface area (Å²) in [5.74, 6) is 0.153. The van der Waals surface area contributed by atoms with Crippen molar-refractivity contribution in [3.05, 3.63) is 0 Å². The Morgan fingerprint density at radius 1 is 1.00 bits per heavy atom. The van der Waals surface area contributed by atoms with Crippen LogP contribution in [-0.2, 0) is 9.59 Å². The zero-order valence-corrected chi connectivity index (χ0v) is 23.5. The average Bonchev–Trinajstić information content (AvgIpc) is 3.20. The van der Waals surface area contributed by atoms with E-state index in [0.29, 0.717) is 25.2 Å². The predicted octanol–water partition coefficient (Wildman–Crippen LogP) is 3.98. The van der Waals surface area contributed by atoms with E-state index in [-0.39, 0.29) is 64.8 Å². The smallest absolute Gasteiger partial charge is 0.326 e. The summed E-state index contributed by atoms with van der Waals surface area (Å²) in [6.07, 6.45) is 6.48. The van der Waals surface area contributed by atoms with Crippen LogP contribution in [0, 0.1) is 52.3 Å². The molecule has 212 valence electrons. The zero-order valence-electron chi connectivity index (χ0n) is 23.5. The maximum Gasteiger partial charge on any atom is 0.326 e. The molecule has 0 aromatic rings. The van der Waals surface area contributed by atoms with E-state index in [1.165, 1.54) is 0 Å². The lowest BCUT2D eigenvalue weighted by molar-refractivity contribution is -0.207. The van der Waals surface area contributed by atoms with Crippen molar-refractivity contribution >= 4 is 11.9 Å². The van der Waals surface area contributed by atoms with E-state index in [0.717, 1.165) is 38.5 Å². The van der Waals surface area contributed by atoms with Crippen molar-refractivity contribution in [1.82, 2.24) is 5.32 Å². The maximum absolute atomic E-state index is 12.7. The Bertz CT molecular complexity index is 850. The number of carbonyl (C=O) groups excluding carboxylic acids is 1. The molecule has 4 saturated carbocycles. The van der Waals surface area contributed by atoms with Crippen LogP contribution in [0.4, 0.5) is 0 Å². The fourth-order valence-electron chi connectivity index (χ4n) is 9.62. The normalized spacial score (nSPS) is 45.6. The molecule has 0 unspecified atom stereocenters. The third kappa shape index (κ3) is 4.98. The Morgan fingerprint density at radius 3 is 2.35 bits per heavy atom. The molecule has 0 aromatic carbocycles. The number of hydrogen-bond donors (Lipinski definition) is 5. The van der Waals surface area contributed by atoms with Gasteiger partial charge in [-0.2, -0.15) is 0 Å². The summed E-state index contributed by atoms with van der Waals surface area (Å²) in [5, 5.41) is 45.7. The van der Waals surface area contributed by atoms with Gasteiger partial charge in [0, 0.05) is 6.42 Å². The number of aliphatic carboxylic acids is 1. The SMILES string of the molecule is CC[C@H](C)[C@H](NC(=O)CC[C@@H](C)[C@H]1CC[C@H]2[C@@H]3[C@H](O)C[C@@H]4C[C@H](O)CC[C@]4(C)[C@H]3C[C@H](O)[C@]12C)C(=O)O. The lowest BCUT2D eigenvalue weighted by Gasteiger charge is -2.63. The van der Waals surface area contributed by atoms with Crippen molar-refractivity contribution in [3.63, 3.8) is 0 Å². The van der Waals surface area contributed by atoms with Crippen molar-refractivity contribution in [2.75, 3.05) is 0 Å².